The van der Waals surface area contributed by atoms with Gasteiger partial charge in [-0.15, -0.1) is 0 Å². The first-order valence-corrected chi connectivity index (χ1v) is 7.94. The molecule has 24 heavy (non-hydrogen) atoms. The summed E-state index contributed by atoms with van der Waals surface area (Å²) in [6, 6.07) is 6.19. The van der Waals surface area contributed by atoms with E-state index in [1.807, 2.05) is 13.8 Å². The van der Waals surface area contributed by atoms with E-state index in [1.54, 1.807) is 29.8 Å². The van der Waals surface area contributed by atoms with Crippen molar-refractivity contribution in [2.45, 2.75) is 26.8 Å². The Kier molecular flexibility index (Phi) is 4.05. The summed E-state index contributed by atoms with van der Waals surface area (Å²) >= 11 is 5.98. The SMILES string of the molecule is Cc1cc(F)c(N)cc1-c1cc2cnc(Cl)cc2n(C(C)C)c1=O. The van der Waals surface area contributed by atoms with E-state index in [-0.39, 0.29) is 17.3 Å². The zero-order valence-corrected chi connectivity index (χ0v) is 14.4. The minimum atomic E-state index is -0.491. The Bertz CT molecular complexity index is 1010. The van der Waals surface area contributed by atoms with Gasteiger partial charge in [0.2, 0.25) is 0 Å². The van der Waals surface area contributed by atoms with Crippen molar-refractivity contribution in [1.29, 1.82) is 0 Å². The molecule has 0 fully saturated rings. The standard InChI is InChI=1S/C18H17ClFN3O/c1-9(2)23-16-7-17(19)22-8-11(16)5-13(18(23)24)12-6-15(21)14(20)4-10(12)3/h4-9H,21H2,1-3H3. The van der Waals surface area contributed by atoms with Gasteiger partial charge in [0.25, 0.3) is 5.56 Å². The number of nitrogens with two attached hydrogens (primary N) is 1. The molecule has 0 bridgehead atoms. The Hall–Kier alpha value is -2.40. The molecule has 0 aliphatic heterocycles. The molecule has 3 aromatic rings. The molecular formula is C18H17ClFN3O. The molecular weight excluding hydrogens is 329 g/mol. The second kappa shape index (κ2) is 5.91. The van der Waals surface area contributed by atoms with Crippen LogP contribution in [0.2, 0.25) is 5.15 Å². The first kappa shape index (κ1) is 16.5. The number of hydrogen-bond donors (Lipinski definition) is 1. The van der Waals surface area contributed by atoms with Crippen molar-refractivity contribution in [2.75, 3.05) is 5.73 Å². The lowest BCUT2D eigenvalue weighted by Crippen LogP contribution is -2.24. The summed E-state index contributed by atoms with van der Waals surface area (Å²) in [7, 11) is 0. The number of benzene rings is 1. The molecule has 0 saturated carbocycles. The van der Waals surface area contributed by atoms with Crippen LogP contribution in [0.3, 0.4) is 0 Å². The van der Waals surface area contributed by atoms with Crippen LogP contribution in [-0.4, -0.2) is 9.55 Å². The van der Waals surface area contributed by atoms with E-state index in [1.165, 1.54) is 12.1 Å². The molecule has 2 N–H and O–H groups in total. The van der Waals surface area contributed by atoms with Crippen molar-refractivity contribution in [2.24, 2.45) is 0 Å². The number of pyridine rings is 2. The highest BCUT2D eigenvalue weighted by molar-refractivity contribution is 6.30. The van der Waals surface area contributed by atoms with Gasteiger partial charge in [0.15, 0.2) is 0 Å². The van der Waals surface area contributed by atoms with E-state index >= 15 is 0 Å². The molecule has 0 amide bonds. The van der Waals surface area contributed by atoms with Gasteiger partial charge in [-0.3, -0.25) is 4.79 Å². The summed E-state index contributed by atoms with van der Waals surface area (Å²) in [4.78, 5) is 17.1. The van der Waals surface area contributed by atoms with Crippen LogP contribution in [0, 0.1) is 12.7 Å². The van der Waals surface area contributed by atoms with Crippen molar-refractivity contribution in [1.82, 2.24) is 9.55 Å². The van der Waals surface area contributed by atoms with Crippen LogP contribution in [0.1, 0.15) is 25.5 Å². The predicted octanol–water partition coefficient (Wildman–Crippen LogP) is 4.33. The Labute approximate surface area is 143 Å². The van der Waals surface area contributed by atoms with E-state index in [0.717, 1.165) is 5.39 Å². The Morgan fingerprint density at radius 3 is 2.58 bits per heavy atom. The van der Waals surface area contributed by atoms with Crippen LogP contribution >= 0.6 is 11.6 Å². The van der Waals surface area contributed by atoms with Gasteiger partial charge in [0.05, 0.1) is 11.2 Å². The maximum Gasteiger partial charge on any atom is 0.259 e. The molecule has 2 aromatic heterocycles. The summed E-state index contributed by atoms with van der Waals surface area (Å²) in [5.74, 6) is -0.491. The number of fused-ring (bicyclic) bond motifs is 1. The fourth-order valence-electron chi connectivity index (χ4n) is 2.89. The largest absolute Gasteiger partial charge is 0.396 e. The topological polar surface area (TPSA) is 60.9 Å². The van der Waals surface area contributed by atoms with Crippen molar-refractivity contribution >= 4 is 28.2 Å². The number of aromatic nitrogens is 2. The fraction of sp³-hybridized carbons (Fsp3) is 0.222. The van der Waals surface area contributed by atoms with Gasteiger partial charge in [-0.2, -0.15) is 0 Å². The highest BCUT2D eigenvalue weighted by Crippen LogP contribution is 2.29. The lowest BCUT2D eigenvalue weighted by molar-refractivity contribution is 0.601. The van der Waals surface area contributed by atoms with Crippen LogP contribution in [0.25, 0.3) is 22.0 Å². The van der Waals surface area contributed by atoms with Gasteiger partial charge in [-0.1, -0.05) is 11.6 Å². The fourth-order valence-corrected chi connectivity index (χ4v) is 3.04. The number of nitrogens with zero attached hydrogens (tertiary/aromatic N) is 2. The van der Waals surface area contributed by atoms with Crippen molar-refractivity contribution in [3.05, 3.63) is 57.3 Å². The zero-order chi connectivity index (χ0) is 17.6. The van der Waals surface area contributed by atoms with Gasteiger partial charge in [0, 0.05) is 23.2 Å². The van der Waals surface area contributed by atoms with Gasteiger partial charge in [-0.25, -0.2) is 9.37 Å². The average Bonchev–Trinajstić information content (AvgIpc) is 2.50. The highest BCUT2D eigenvalue weighted by Gasteiger charge is 2.16. The van der Waals surface area contributed by atoms with Crippen LogP contribution < -0.4 is 11.3 Å². The van der Waals surface area contributed by atoms with E-state index in [9.17, 15) is 9.18 Å². The number of hydrogen-bond acceptors (Lipinski definition) is 3. The Morgan fingerprint density at radius 2 is 1.92 bits per heavy atom. The smallest absolute Gasteiger partial charge is 0.259 e. The summed E-state index contributed by atoms with van der Waals surface area (Å²) in [5.41, 5.74) is 7.98. The molecule has 0 aliphatic rings. The molecule has 124 valence electrons. The molecule has 0 atom stereocenters. The first-order chi connectivity index (χ1) is 11.3. The normalized spacial score (nSPS) is 11.4. The second-order valence-corrected chi connectivity index (χ2v) is 6.47. The van der Waals surface area contributed by atoms with Crippen LogP contribution in [0.5, 0.6) is 0 Å². The molecule has 0 spiro atoms. The van der Waals surface area contributed by atoms with Crippen molar-refractivity contribution in [3.63, 3.8) is 0 Å². The average molecular weight is 346 g/mol. The number of anilines is 1. The number of aryl methyl sites for hydroxylation is 1. The number of halogens is 2. The van der Waals surface area contributed by atoms with Gasteiger partial charge in [0.1, 0.15) is 11.0 Å². The van der Waals surface area contributed by atoms with Gasteiger partial charge < -0.3 is 10.3 Å². The summed E-state index contributed by atoms with van der Waals surface area (Å²) in [6.45, 7) is 5.59. The maximum atomic E-state index is 13.6. The quantitative estimate of drug-likeness (QED) is 0.555. The molecule has 6 heteroatoms. The molecule has 2 heterocycles. The van der Waals surface area contributed by atoms with Gasteiger partial charge >= 0.3 is 0 Å². The lowest BCUT2D eigenvalue weighted by Gasteiger charge is -2.17. The van der Waals surface area contributed by atoms with E-state index in [2.05, 4.69) is 4.98 Å². The first-order valence-electron chi connectivity index (χ1n) is 7.56. The maximum absolute atomic E-state index is 13.6. The number of nitrogen functional groups attached to an aromatic ring is 1. The molecule has 3 rings (SSSR count). The molecule has 0 unspecified atom stereocenters. The lowest BCUT2D eigenvalue weighted by atomic mass is 9.99. The van der Waals surface area contributed by atoms with Crippen molar-refractivity contribution in [3.8, 4) is 11.1 Å². The minimum absolute atomic E-state index is 0.0143. The van der Waals surface area contributed by atoms with E-state index in [0.29, 0.717) is 27.4 Å². The van der Waals surface area contributed by atoms with Gasteiger partial charge in [-0.05, 0) is 56.2 Å². The Balaban J connectivity index is 2.43. The summed E-state index contributed by atoms with van der Waals surface area (Å²) < 4.78 is 15.3. The van der Waals surface area contributed by atoms with Crippen molar-refractivity contribution < 1.29 is 4.39 Å². The third kappa shape index (κ3) is 2.65. The molecule has 0 aliphatic carbocycles. The minimum Gasteiger partial charge on any atom is -0.396 e. The van der Waals surface area contributed by atoms with Crippen LogP contribution in [0.4, 0.5) is 10.1 Å². The molecule has 4 nitrogen and oxygen atoms in total. The van der Waals surface area contributed by atoms with Crippen LogP contribution in [-0.2, 0) is 0 Å². The van der Waals surface area contributed by atoms with E-state index in [4.69, 9.17) is 17.3 Å². The number of rotatable bonds is 2. The Morgan fingerprint density at radius 1 is 1.21 bits per heavy atom. The molecule has 0 saturated heterocycles. The third-order valence-corrected chi connectivity index (χ3v) is 4.24. The molecule has 1 aromatic carbocycles. The predicted molar refractivity (Wildman–Crippen MR) is 95.9 cm³/mol. The molecule has 0 radical (unpaired) electrons. The van der Waals surface area contributed by atoms with Crippen LogP contribution in [0.15, 0.2) is 35.3 Å². The summed E-state index contributed by atoms with van der Waals surface area (Å²) in [6.07, 6.45) is 1.63. The zero-order valence-electron chi connectivity index (χ0n) is 13.6. The highest BCUT2D eigenvalue weighted by atomic mass is 35.5. The second-order valence-electron chi connectivity index (χ2n) is 6.08. The summed E-state index contributed by atoms with van der Waals surface area (Å²) in [5, 5.41) is 1.11. The third-order valence-electron chi connectivity index (χ3n) is 4.04. The van der Waals surface area contributed by atoms with E-state index < -0.39 is 5.82 Å². The monoisotopic (exact) mass is 345 g/mol.